The largest absolute Gasteiger partial charge is 0.573 e. The van der Waals surface area contributed by atoms with Gasteiger partial charge in [0.05, 0.1) is 18.2 Å². The highest BCUT2D eigenvalue weighted by molar-refractivity contribution is 5.94. The van der Waals surface area contributed by atoms with E-state index in [1.807, 2.05) is 0 Å². The van der Waals surface area contributed by atoms with Crippen LogP contribution in [-0.2, 0) is 9.53 Å². The minimum atomic E-state index is -4.79. The van der Waals surface area contributed by atoms with Gasteiger partial charge in [-0.15, -0.1) is 13.2 Å². The van der Waals surface area contributed by atoms with Gasteiger partial charge in [-0.05, 0) is 18.6 Å². The lowest BCUT2D eigenvalue weighted by Gasteiger charge is -2.15. The SMILES string of the molecule is O=C(Nc1ccccc1OC(F)(F)F)[C@@H]1CCOC1. The molecule has 1 saturated heterocycles. The molecule has 0 radical (unpaired) electrons. The maximum atomic E-state index is 12.2. The Morgan fingerprint density at radius 1 is 1.37 bits per heavy atom. The molecule has 1 heterocycles. The van der Waals surface area contributed by atoms with Crippen LogP contribution in [0, 0.1) is 5.92 Å². The van der Waals surface area contributed by atoms with E-state index in [1.165, 1.54) is 18.2 Å². The van der Waals surface area contributed by atoms with Crippen LogP contribution in [-0.4, -0.2) is 25.5 Å². The number of amides is 1. The summed E-state index contributed by atoms with van der Waals surface area (Å²) in [5.74, 6) is -1.13. The summed E-state index contributed by atoms with van der Waals surface area (Å²) in [4.78, 5) is 11.8. The van der Waals surface area contributed by atoms with Crippen LogP contribution in [0.2, 0.25) is 0 Å². The van der Waals surface area contributed by atoms with Gasteiger partial charge >= 0.3 is 6.36 Å². The molecule has 0 spiro atoms. The Morgan fingerprint density at radius 3 is 2.74 bits per heavy atom. The molecule has 0 aromatic heterocycles. The van der Waals surface area contributed by atoms with Crippen molar-refractivity contribution in [2.24, 2.45) is 5.92 Å². The van der Waals surface area contributed by atoms with Gasteiger partial charge in [0.25, 0.3) is 0 Å². The predicted octanol–water partition coefficient (Wildman–Crippen LogP) is 2.56. The predicted molar refractivity (Wildman–Crippen MR) is 60.7 cm³/mol. The van der Waals surface area contributed by atoms with E-state index in [4.69, 9.17) is 4.74 Å². The second-order valence-electron chi connectivity index (χ2n) is 4.09. The molecule has 0 unspecified atom stereocenters. The lowest BCUT2D eigenvalue weighted by molar-refractivity contribution is -0.274. The van der Waals surface area contributed by atoms with Crippen molar-refractivity contribution in [1.82, 2.24) is 0 Å². The van der Waals surface area contributed by atoms with Gasteiger partial charge in [-0.1, -0.05) is 12.1 Å². The first-order valence-electron chi connectivity index (χ1n) is 5.69. The number of nitrogens with one attached hydrogen (secondary N) is 1. The van der Waals surface area contributed by atoms with Gasteiger partial charge in [-0.3, -0.25) is 4.79 Å². The van der Waals surface area contributed by atoms with Crippen LogP contribution < -0.4 is 10.1 Å². The summed E-state index contributed by atoms with van der Waals surface area (Å²) < 4.78 is 45.5. The lowest BCUT2D eigenvalue weighted by Crippen LogP contribution is -2.24. The number of hydrogen-bond acceptors (Lipinski definition) is 3. The number of hydrogen-bond donors (Lipinski definition) is 1. The van der Waals surface area contributed by atoms with E-state index in [9.17, 15) is 18.0 Å². The fourth-order valence-electron chi connectivity index (χ4n) is 1.76. The fraction of sp³-hybridized carbons (Fsp3) is 0.417. The molecule has 1 aliphatic rings. The minimum absolute atomic E-state index is 0.00303. The summed E-state index contributed by atoms with van der Waals surface area (Å²) in [6.07, 6.45) is -4.23. The summed E-state index contributed by atoms with van der Waals surface area (Å²) >= 11 is 0. The average Bonchev–Trinajstić information content (AvgIpc) is 2.83. The van der Waals surface area contributed by atoms with Crippen molar-refractivity contribution in [3.63, 3.8) is 0 Å². The molecule has 104 valence electrons. The maximum Gasteiger partial charge on any atom is 0.573 e. The van der Waals surface area contributed by atoms with Crippen molar-refractivity contribution in [2.75, 3.05) is 18.5 Å². The van der Waals surface area contributed by atoms with Crippen molar-refractivity contribution in [3.05, 3.63) is 24.3 Å². The zero-order chi connectivity index (χ0) is 13.9. The number of alkyl halides is 3. The number of ether oxygens (including phenoxy) is 2. The zero-order valence-corrected chi connectivity index (χ0v) is 9.87. The molecule has 1 fully saturated rings. The highest BCUT2D eigenvalue weighted by Crippen LogP contribution is 2.30. The van der Waals surface area contributed by atoms with Crippen LogP contribution in [0.1, 0.15) is 6.42 Å². The number of benzene rings is 1. The molecule has 19 heavy (non-hydrogen) atoms. The fourth-order valence-corrected chi connectivity index (χ4v) is 1.76. The Hall–Kier alpha value is -1.76. The summed E-state index contributed by atoms with van der Waals surface area (Å²) in [6, 6.07) is 5.42. The zero-order valence-electron chi connectivity index (χ0n) is 9.87. The summed E-state index contributed by atoms with van der Waals surface area (Å²) in [5.41, 5.74) is -0.00303. The standard InChI is InChI=1S/C12H12F3NO3/c13-12(14,15)19-10-4-2-1-3-9(10)16-11(17)8-5-6-18-7-8/h1-4,8H,5-7H2,(H,16,17)/t8-/m1/s1. The van der Waals surface area contributed by atoms with Gasteiger partial charge in [0.15, 0.2) is 5.75 Å². The smallest absolute Gasteiger partial charge is 0.404 e. The molecular formula is C12H12F3NO3. The minimum Gasteiger partial charge on any atom is -0.404 e. The molecule has 7 heteroatoms. The second kappa shape index (κ2) is 5.48. The van der Waals surface area contributed by atoms with Gasteiger partial charge < -0.3 is 14.8 Å². The maximum absolute atomic E-state index is 12.2. The van der Waals surface area contributed by atoms with Gasteiger partial charge in [-0.2, -0.15) is 0 Å². The van der Waals surface area contributed by atoms with Crippen molar-refractivity contribution in [3.8, 4) is 5.75 Å². The highest BCUT2D eigenvalue weighted by Gasteiger charge is 2.32. The van der Waals surface area contributed by atoms with Gasteiger partial charge in [-0.25, -0.2) is 0 Å². The average molecular weight is 275 g/mol. The molecule has 1 atom stereocenters. The Labute approximate surface area is 107 Å². The van der Waals surface area contributed by atoms with E-state index in [-0.39, 0.29) is 24.1 Å². The van der Waals surface area contributed by atoms with E-state index in [0.29, 0.717) is 13.0 Å². The normalized spacial score (nSPS) is 19.2. The molecule has 2 rings (SSSR count). The molecular weight excluding hydrogens is 263 g/mol. The first-order valence-corrected chi connectivity index (χ1v) is 5.69. The number of para-hydroxylation sites is 2. The number of rotatable bonds is 3. The Kier molecular flexibility index (Phi) is 3.94. The number of carbonyl (C=O) groups is 1. The molecule has 1 N–H and O–H groups in total. The third kappa shape index (κ3) is 3.85. The first-order chi connectivity index (χ1) is 8.96. The quantitative estimate of drug-likeness (QED) is 0.922. The molecule has 1 aliphatic heterocycles. The Bertz CT molecular complexity index is 456. The summed E-state index contributed by atoms with van der Waals surface area (Å²) in [7, 11) is 0. The molecule has 0 aliphatic carbocycles. The van der Waals surface area contributed by atoms with E-state index in [1.54, 1.807) is 0 Å². The van der Waals surface area contributed by atoms with Gasteiger partial charge in [0.1, 0.15) is 0 Å². The van der Waals surface area contributed by atoms with Crippen LogP contribution >= 0.6 is 0 Å². The first kappa shape index (κ1) is 13.7. The summed E-state index contributed by atoms with van der Waals surface area (Å²) in [5, 5.41) is 2.43. The molecule has 1 amide bonds. The summed E-state index contributed by atoms with van der Waals surface area (Å²) in [6.45, 7) is 0.771. The molecule has 1 aromatic rings. The van der Waals surface area contributed by atoms with Crippen molar-refractivity contribution in [1.29, 1.82) is 0 Å². The van der Waals surface area contributed by atoms with Crippen molar-refractivity contribution in [2.45, 2.75) is 12.8 Å². The topological polar surface area (TPSA) is 47.6 Å². The second-order valence-corrected chi connectivity index (χ2v) is 4.09. The number of carbonyl (C=O) groups excluding carboxylic acids is 1. The molecule has 0 bridgehead atoms. The Balaban J connectivity index is 2.09. The van der Waals surface area contributed by atoms with Crippen LogP contribution in [0.5, 0.6) is 5.75 Å². The van der Waals surface area contributed by atoms with E-state index >= 15 is 0 Å². The van der Waals surface area contributed by atoms with Crippen LogP contribution in [0.15, 0.2) is 24.3 Å². The van der Waals surface area contributed by atoms with Crippen LogP contribution in [0.4, 0.5) is 18.9 Å². The van der Waals surface area contributed by atoms with Crippen LogP contribution in [0.3, 0.4) is 0 Å². The monoisotopic (exact) mass is 275 g/mol. The third-order valence-corrected chi connectivity index (χ3v) is 2.67. The lowest BCUT2D eigenvalue weighted by atomic mass is 10.1. The number of anilines is 1. The highest BCUT2D eigenvalue weighted by atomic mass is 19.4. The molecule has 4 nitrogen and oxygen atoms in total. The van der Waals surface area contributed by atoms with E-state index < -0.39 is 12.1 Å². The van der Waals surface area contributed by atoms with Gasteiger partial charge in [0, 0.05) is 6.61 Å². The van der Waals surface area contributed by atoms with Crippen molar-refractivity contribution >= 4 is 11.6 Å². The van der Waals surface area contributed by atoms with E-state index in [2.05, 4.69) is 10.1 Å². The van der Waals surface area contributed by atoms with Gasteiger partial charge in [0.2, 0.25) is 5.91 Å². The number of halogens is 3. The third-order valence-electron chi connectivity index (χ3n) is 2.67. The molecule has 0 saturated carbocycles. The van der Waals surface area contributed by atoms with Crippen LogP contribution in [0.25, 0.3) is 0 Å². The molecule has 1 aromatic carbocycles. The van der Waals surface area contributed by atoms with E-state index in [0.717, 1.165) is 6.07 Å². The van der Waals surface area contributed by atoms with Crippen molar-refractivity contribution < 1.29 is 27.4 Å². The Morgan fingerprint density at radius 2 is 2.11 bits per heavy atom.